The summed E-state index contributed by atoms with van der Waals surface area (Å²) < 4.78 is 7.58. The lowest BCUT2D eigenvalue weighted by atomic mass is 9.91. The molecule has 0 aliphatic carbocycles. The van der Waals surface area contributed by atoms with Gasteiger partial charge in [-0.15, -0.1) is 0 Å². The van der Waals surface area contributed by atoms with Gasteiger partial charge in [-0.3, -0.25) is 5.09 Å². The van der Waals surface area contributed by atoms with E-state index in [1.165, 1.54) is 6.33 Å². The third-order valence-electron chi connectivity index (χ3n) is 1.90. The van der Waals surface area contributed by atoms with Crippen LogP contribution in [0, 0.1) is 0 Å². The predicted molar refractivity (Wildman–Crippen MR) is 50.4 cm³/mol. The van der Waals surface area contributed by atoms with Crippen molar-refractivity contribution in [3.8, 4) is 0 Å². The maximum atomic E-state index is 7.58. The molecule has 0 aromatic carbocycles. The molecule has 4 nitrogen and oxygen atoms in total. The molecule has 0 saturated carbocycles. The van der Waals surface area contributed by atoms with Crippen LogP contribution in [0.1, 0.15) is 26.5 Å². The molecule has 4 heteroatoms. The van der Waals surface area contributed by atoms with Crippen LogP contribution in [0.4, 0.5) is 0 Å². The summed E-state index contributed by atoms with van der Waals surface area (Å²) in [5.41, 5.74) is 1.34. The van der Waals surface area contributed by atoms with Gasteiger partial charge in [-0.05, 0) is 0 Å². The summed E-state index contributed by atoms with van der Waals surface area (Å²) in [5.74, 6) is 0. The number of hydrogen-bond donors (Lipinski definition) is 1. The van der Waals surface area contributed by atoms with Crippen molar-refractivity contribution in [3.63, 3.8) is 0 Å². The van der Waals surface area contributed by atoms with Crippen molar-refractivity contribution in [2.75, 3.05) is 0 Å². The zero-order valence-electron chi connectivity index (χ0n) is 8.94. The van der Waals surface area contributed by atoms with Crippen LogP contribution in [-0.4, -0.2) is 20.2 Å². The Morgan fingerprint density at radius 2 is 2.23 bits per heavy atom. The molecule has 68 valence electrons. The fourth-order valence-electron chi connectivity index (χ4n) is 1.28. The summed E-state index contributed by atoms with van der Waals surface area (Å²) in [6.45, 7) is 6.17. The van der Waals surface area contributed by atoms with E-state index in [0.29, 0.717) is 5.65 Å². The number of fused-ring (bicyclic) bond motifs is 1. The summed E-state index contributed by atoms with van der Waals surface area (Å²) >= 11 is 0. The lowest BCUT2D eigenvalue weighted by molar-refractivity contribution is 0.571. The lowest BCUT2D eigenvalue weighted by Gasteiger charge is -2.14. The number of aromatic amines is 1. The molecule has 2 aromatic rings. The second-order valence-electron chi connectivity index (χ2n) is 4.06. The van der Waals surface area contributed by atoms with Gasteiger partial charge < -0.3 is 0 Å². The number of hydrogen-bond acceptors (Lipinski definition) is 3. The van der Waals surface area contributed by atoms with E-state index >= 15 is 0 Å². The SMILES string of the molecule is [2H]n1nc(C(C)(C)C)c2cncnc21. The first-order valence-electron chi connectivity index (χ1n) is 4.63. The maximum absolute atomic E-state index is 7.58. The van der Waals surface area contributed by atoms with Gasteiger partial charge in [0, 0.05) is 11.6 Å². The van der Waals surface area contributed by atoms with Gasteiger partial charge in [0.1, 0.15) is 6.33 Å². The van der Waals surface area contributed by atoms with E-state index < -0.39 is 0 Å². The van der Waals surface area contributed by atoms with Gasteiger partial charge in [-0.25, -0.2) is 9.97 Å². The van der Waals surface area contributed by atoms with E-state index in [1.807, 2.05) is 0 Å². The molecule has 2 heterocycles. The fourth-order valence-corrected chi connectivity index (χ4v) is 1.28. The Balaban J connectivity index is 2.80. The molecular weight excluding hydrogens is 164 g/mol. The summed E-state index contributed by atoms with van der Waals surface area (Å²) in [5, 5.41) is 6.05. The highest BCUT2D eigenvalue weighted by Gasteiger charge is 2.20. The second kappa shape index (κ2) is 2.52. The van der Waals surface area contributed by atoms with Gasteiger partial charge in [0.2, 0.25) is 0 Å². The van der Waals surface area contributed by atoms with Gasteiger partial charge in [0.25, 0.3) is 0 Å². The molecule has 0 fully saturated rings. The highest BCUT2D eigenvalue weighted by molar-refractivity contribution is 5.77. The number of nitrogens with one attached hydrogen (secondary N) is 1. The Labute approximate surface area is 77.9 Å². The largest absolute Gasteiger partial charge is 0.260 e. The van der Waals surface area contributed by atoms with Crippen LogP contribution < -0.4 is 0 Å². The third-order valence-corrected chi connectivity index (χ3v) is 1.90. The highest BCUT2D eigenvalue weighted by Crippen LogP contribution is 2.25. The summed E-state index contributed by atoms with van der Waals surface area (Å²) in [6.07, 6.45) is 3.14. The molecule has 0 spiro atoms. The minimum absolute atomic E-state index is 0.0880. The molecule has 0 amide bonds. The van der Waals surface area contributed by atoms with Crippen molar-refractivity contribution in [1.82, 2.24) is 20.2 Å². The van der Waals surface area contributed by atoms with E-state index in [2.05, 4.69) is 35.8 Å². The van der Waals surface area contributed by atoms with E-state index in [4.69, 9.17) is 1.41 Å². The average Bonchev–Trinajstić information content (AvgIpc) is 2.44. The van der Waals surface area contributed by atoms with Crippen LogP contribution in [0.15, 0.2) is 12.5 Å². The first-order chi connectivity index (χ1) is 6.50. The fraction of sp³-hybridized carbons (Fsp3) is 0.444. The Morgan fingerprint density at radius 3 is 2.92 bits per heavy atom. The normalized spacial score (nSPS) is 13.3. The van der Waals surface area contributed by atoms with Crippen LogP contribution in [0.5, 0.6) is 0 Å². The van der Waals surface area contributed by atoms with Gasteiger partial charge in [0.05, 0.1) is 11.1 Å². The number of H-pyrrole nitrogens is 1. The van der Waals surface area contributed by atoms with Gasteiger partial charge in [-0.1, -0.05) is 20.8 Å². The summed E-state index contributed by atoms with van der Waals surface area (Å²) in [4.78, 5) is 7.97. The quantitative estimate of drug-likeness (QED) is 0.665. The van der Waals surface area contributed by atoms with Crippen LogP contribution in [0.2, 0.25) is 1.41 Å². The molecular formula is C9H12N4. The van der Waals surface area contributed by atoms with Gasteiger partial charge >= 0.3 is 0 Å². The smallest absolute Gasteiger partial charge is 0.192 e. The molecule has 0 saturated heterocycles. The molecule has 0 unspecified atom stereocenters. The van der Waals surface area contributed by atoms with E-state index in [9.17, 15) is 0 Å². The first-order valence-corrected chi connectivity index (χ1v) is 4.18. The number of rotatable bonds is 0. The van der Waals surface area contributed by atoms with Crippen molar-refractivity contribution in [2.45, 2.75) is 26.2 Å². The molecule has 2 rings (SSSR count). The minimum atomic E-state index is -0.0880. The first kappa shape index (κ1) is 7.00. The molecule has 13 heavy (non-hydrogen) atoms. The Morgan fingerprint density at radius 1 is 1.46 bits per heavy atom. The average molecular weight is 177 g/mol. The molecule has 0 atom stereocenters. The molecule has 2 aromatic heterocycles. The van der Waals surface area contributed by atoms with Gasteiger partial charge in [-0.2, -0.15) is 5.10 Å². The van der Waals surface area contributed by atoms with E-state index in [0.717, 1.165) is 16.2 Å². The van der Waals surface area contributed by atoms with Crippen LogP contribution in [-0.2, 0) is 5.41 Å². The zero-order valence-corrected chi connectivity index (χ0v) is 7.94. The third kappa shape index (κ3) is 1.28. The Hall–Kier alpha value is -1.45. The molecule has 1 N–H and O–H groups in total. The topological polar surface area (TPSA) is 54.5 Å². The summed E-state index contributed by atoms with van der Waals surface area (Å²) in [6, 6.07) is 0. The standard InChI is InChI=1S/C9H12N4/c1-9(2,3)7-6-4-10-5-11-8(6)13-12-7/h4-5H,1-3H3,(H,10,11,12,13)/i/hD. The van der Waals surface area contributed by atoms with Crippen molar-refractivity contribution < 1.29 is 1.41 Å². The second-order valence-corrected chi connectivity index (χ2v) is 4.06. The zero-order chi connectivity index (χ0) is 10.3. The highest BCUT2D eigenvalue weighted by atomic mass is 15.2. The van der Waals surface area contributed by atoms with Crippen LogP contribution in [0.25, 0.3) is 11.0 Å². The maximum Gasteiger partial charge on any atom is 0.192 e. The number of aromatic nitrogens is 4. The van der Waals surface area contributed by atoms with Crippen molar-refractivity contribution in [3.05, 3.63) is 18.2 Å². The number of nitrogens with zero attached hydrogens (tertiary/aromatic N) is 3. The van der Waals surface area contributed by atoms with E-state index in [-0.39, 0.29) is 5.41 Å². The van der Waals surface area contributed by atoms with Crippen LogP contribution in [0.3, 0.4) is 0 Å². The summed E-state index contributed by atoms with van der Waals surface area (Å²) in [7, 11) is 0. The van der Waals surface area contributed by atoms with Crippen molar-refractivity contribution in [2.24, 2.45) is 0 Å². The molecule has 0 radical (unpaired) electrons. The molecule has 0 bridgehead atoms. The predicted octanol–water partition coefficient (Wildman–Crippen LogP) is 1.65. The van der Waals surface area contributed by atoms with E-state index in [1.54, 1.807) is 6.20 Å². The van der Waals surface area contributed by atoms with Crippen molar-refractivity contribution >= 4 is 11.0 Å². The van der Waals surface area contributed by atoms with Gasteiger partial charge in [0.15, 0.2) is 7.06 Å². The molecule has 0 aliphatic rings. The van der Waals surface area contributed by atoms with Crippen molar-refractivity contribution in [1.29, 1.82) is 0 Å². The Bertz CT molecular complexity index is 469. The Kier molecular flexibility index (Phi) is 1.36. The minimum Gasteiger partial charge on any atom is -0.260 e. The lowest BCUT2D eigenvalue weighted by Crippen LogP contribution is -2.12. The van der Waals surface area contributed by atoms with Crippen LogP contribution >= 0.6 is 0 Å². The molecule has 0 aliphatic heterocycles. The monoisotopic (exact) mass is 177 g/mol.